The zero-order valence-electron chi connectivity index (χ0n) is 11.9. The summed E-state index contributed by atoms with van der Waals surface area (Å²) >= 11 is 0. The van der Waals surface area contributed by atoms with Crippen LogP contribution in [0.15, 0.2) is 6.33 Å². The molecule has 2 unspecified atom stereocenters. The molecule has 1 aliphatic rings. The van der Waals surface area contributed by atoms with E-state index in [1.54, 1.807) is 24.9 Å². The van der Waals surface area contributed by atoms with Crippen LogP contribution in [-0.4, -0.2) is 47.1 Å². The fourth-order valence-electron chi connectivity index (χ4n) is 2.47. The second-order valence-electron chi connectivity index (χ2n) is 5.25. The van der Waals surface area contributed by atoms with Crippen molar-refractivity contribution < 1.29 is 8.42 Å². The van der Waals surface area contributed by atoms with E-state index in [2.05, 4.69) is 14.9 Å². The molecule has 1 aromatic heterocycles. The lowest BCUT2D eigenvalue weighted by atomic mass is 10.0. The highest BCUT2D eigenvalue weighted by Crippen LogP contribution is 2.19. The van der Waals surface area contributed by atoms with E-state index in [4.69, 9.17) is 5.73 Å². The van der Waals surface area contributed by atoms with Crippen LogP contribution in [0.3, 0.4) is 0 Å². The topological polar surface area (TPSA) is 106 Å². The number of nitrogens with zero attached hydrogens (tertiary/aromatic N) is 4. The lowest BCUT2D eigenvalue weighted by molar-refractivity contribution is 0.267. The van der Waals surface area contributed by atoms with Crippen molar-refractivity contribution in [3.05, 3.63) is 12.2 Å². The molecule has 3 N–H and O–H groups in total. The van der Waals surface area contributed by atoms with E-state index < -0.39 is 16.3 Å². The molecule has 0 spiro atoms. The monoisotopic (exact) mass is 302 g/mol. The molecule has 114 valence electrons. The molecule has 0 aromatic carbocycles. The van der Waals surface area contributed by atoms with Crippen LogP contribution in [0.4, 0.5) is 0 Å². The summed E-state index contributed by atoms with van der Waals surface area (Å²) < 4.78 is 30.6. The number of aromatic nitrogens is 3. The van der Waals surface area contributed by atoms with Crippen molar-refractivity contribution in [2.75, 3.05) is 19.6 Å². The first-order chi connectivity index (χ1) is 9.44. The lowest BCUT2D eigenvalue weighted by Gasteiger charge is -2.32. The molecule has 1 aliphatic heterocycles. The third-order valence-corrected chi connectivity index (χ3v) is 5.28. The van der Waals surface area contributed by atoms with Crippen LogP contribution in [0.5, 0.6) is 0 Å². The Morgan fingerprint density at radius 2 is 2.35 bits per heavy atom. The summed E-state index contributed by atoms with van der Waals surface area (Å²) in [6, 6.07) is -0.425. The van der Waals surface area contributed by atoms with E-state index in [1.165, 1.54) is 4.31 Å². The number of hydrogen-bond acceptors (Lipinski definition) is 5. The smallest absolute Gasteiger partial charge is 0.280 e. The van der Waals surface area contributed by atoms with Crippen molar-refractivity contribution in [3.8, 4) is 0 Å². The van der Waals surface area contributed by atoms with Gasteiger partial charge in [-0.3, -0.25) is 0 Å². The summed E-state index contributed by atoms with van der Waals surface area (Å²) in [6.45, 7) is 3.30. The Kier molecular flexibility index (Phi) is 4.74. The van der Waals surface area contributed by atoms with Crippen molar-refractivity contribution in [2.45, 2.75) is 25.8 Å². The maximum atomic E-state index is 12.4. The minimum absolute atomic E-state index is 0.241. The van der Waals surface area contributed by atoms with Gasteiger partial charge in [-0.25, -0.2) is 0 Å². The highest BCUT2D eigenvalue weighted by atomic mass is 32.2. The van der Waals surface area contributed by atoms with Crippen LogP contribution in [-0.2, 0) is 17.3 Å². The van der Waals surface area contributed by atoms with Gasteiger partial charge in [0.15, 0.2) is 5.82 Å². The summed E-state index contributed by atoms with van der Waals surface area (Å²) in [5.41, 5.74) is 5.64. The normalized spacial score (nSPS) is 22.9. The molecule has 2 atom stereocenters. The van der Waals surface area contributed by atoms with Crippen LogP contribution in [0.2, 0.25) is 0 Å². The Balaban J connectivity index is 2.05. The van der Waals surface area contributed by atoms with E-state index in [-0.39, 0.29) is 5.92 Å². The van der Waals surface area contributed by atoms with Gasteiger partial charge >= 0.3 is 0 Å². The van der Waals surface area contributed by atoms with Gasteiger partial charge in [0.25, 0.3) is 10.2 Å². The summed E-state index contributed by atoms with van der Waals surface area (Å²) in [7, 11) is -1.74. The van der Waals surface area contributed by atoms with Gasteiger partial charge in [0, 0.05) is 20.1 Å². The van der Waals surface area contributed by atoms with Crippen molar-refractivity contribution in [3.63, 3.8) is 0 Å². The molecular formula is C11H22N6O2S. The average Bonchev–Trinajstić information content (AvgIpc) is 2.84. The van der Waals surface area contributed by atoms with Crippen LogP contribution in [0, 0.1) is 5.92 Å². The van der Waals surface area contributed by atoms with Gasteiger partial charge < -0.3 is 10.3 Å². The van der Waals surface area contributed by atoms with Gasteiger partial charge in [-0.2, -0.15) is 17.4 Å². The third kappa shape index (κ3) is 3.35. The van der Waals surface area contributed by atoms with Crippen LogP contribution >= 0.6 is 0 Å². The predicted octanol–water partition coefficient (Wildman–Crippen LogP) is -0.619. The second kappa shape index (κ2) is 6.17. The first-order valence-corrected chi connectivity index (χ1v) is 8.19. The fourth-order valence-corrected chi connectivity index (χ4v) is 3.95. The molecule has 0 bridgehead atoms. The van der Waals surface area contributed by atoms with Crippen molar-refractivity contribution in [1.82, 2.24) is 23.8 Å². The van der Waals surface area contributed by atoms with E-state index in [0.717, 1.165) is 12.8 Å². The molecule has 2 rings (SSSR count). The van der Waals surface area contributed by atoms with Gasteiger partial charge in [0.05, 0.1) is 6.04 Å². The summed E-state index contributed by atoms with van der Waals surface area (Å²) in [5.74, 6) is 0.825. The molecule has 1 aromatic rings. The predicted molar refractivity (Wildman–Crippen MR) is 74.8 cm³/mol. The van der Waals surface area contributed by atoms with Crippen LogP contribution < -0.4 is 10.5 Å². The standard InChI is InChI=1S/C11H22N6O2S/c1-9(11-14-13-8-16(11)2)15-20(18,19)17-5-3-4-10(6-12)7-17/h8-10,15H,3-7,12H2,1-2H3. The summed E-state index contributed by atoms with van der Waals surface area (Å²) in [6.07, 6.45) is 3.38. The highest BCUT2D eigenvalue weighted by Gasteiger charge is 2.30. The maximum Gasteiger partial charge on any atom is 0.280 e. The van der Waals surface area contributed by atoms with Crippen LogP contribution in [0.25, 0.3) is 0 Å². The molecule has 2 heterocycles. The fraction of sp³-hybridized carbons (Fsp3) is 0.818. The van der Waals surface area contributed by atoms with Gasteiger partial charge in [-0.15, -0.1) is 10.2 Å². The first kappa shape index (κ1) is 15.4. The number of hydrogen-bond donors (Lipinski definition) is 2. The highest BCUT2D eigenvalue weighted by molar-refractivity contribution is 7.87. The quantitative estimate of drug-likeness (QED) is 0.754. The molecule has 1 fully saturated rings. The minimum Gasteiger partial charge on any atom is -0.330 e. The Morgan fingerprint density at radius 3 is 2.95 bits per heavy atom. The maximum absolute atomic E-state index is 12.4. The second-order valence-corrected chi connectivity index (χ2v) is 6.95. The molecular weight excluding hydrogens is 280 g/mol. The first-order valence-electron chi connectivity index (χ1n) is 6.75. The zero-order valence-corrected chi connectivity index (χ0v) is 12.7. The Morgan fingerprint density at radius 1 is 1.60 bits per heavy atom. The average molecular weight is 302 g/mol. The largest absolute Gasteiger partial charge is 0.330 e. The van der Waals surface area contributed by atoms with Crippen LogP contribution in [0.1, 0.15) is 31.6 Å². The molecule has 1 saturated heterocycles. The number of aryl methyl sites for hydroxylation is 1. The van der Waals surface area contributed by atoms with E-state index in [9.17, 15) is 8.42 Å². The molecule has 9 heteroatoms. The van der Waals surface area contributed by atoms with Crippen molar-refractivity contribution >= 4 is 10.2 Å². The number of piperidine rings is 1. The molecule has 0 amide bonds. The Bertz CT molecular complexity index is 543. The SMILES string of the molecule is CC(NS(=O)(=O)N1CCCC(CN)C1)c1nncn1C. The molecule has 20 heavy (non-hydrogen) atoms. The van der Waals surface area contributed by atoms with Crippen molar-refractivity contribution in [1.29, 1.82) is 0 Å². The van der Waals surface area contributed by atoms with Gasteiger partial charge in [0.2, 0.25) is 0 Å². The molecule has 8 nitrogen and oxygen atoms in total. The van der Waals surface area contributed by atoms with Gasteiger partial charge in [-0.1, -0.05) is 0 Å². The number of nitrogens with one attached hydrogen (secondary N) is 1. The van der Waals surface area contributed by atoms with Crippen molar-refractivity contribution in [2.24, 2.45) is 18.7 Å². The molecule has 0 aliphatic carbocycles. The lowest BCUT2D eigenvalue weighted by Crippen LogP contribution is -2.48. The van der Waals surface area contributed by atoms with E-state index in [1.807, 2.05) is 0 Å². The van der Waals surface area contributed by atoms with E-state index in [0.29, 0.717) is 25.5 Å². The minimum atomic E-state index is -3.52. The van der Waals surface area contributed by atoms with E-state index >= 15 is 0 Å². The molecule has 0 saturated carbocycles. The third-order valence-electron chi connectivity index (χ3n) is 3.61. The number of rotatable bonds is 5. The zero-order chi connectivity index (χ0) is 14.8. The number of nitrogens with two attached hydrogens (primary N) is 1. The summed E-state index contributed by atoms with van der Waals surface area (Å²) in [4.78, 5) is 0. The Hall–Kier alpha value is -1.03. The van der Waals surface area contributed by atoms with Gasteiger partial charge in [0.1, 0.15) is 6.33 Å². The summed E-state index contributed by atoms with van der Waals surface area (Å²) in [5, 5.41) is 7.68. The Labute approximate surface area is 119 Å². The molecule has 0 radical (unpaired) electrons. The van der Waals surface area contributed by atoms with Gasteiger partial charge in [-0.05, 0) is 32.2 Å².